The lowest BCUT2D eigenvalue weighted by Gasteiger charge is -2.09. The molecule has 0 amide bonds. The summed E-state index contributed by atoms with van der Waals surface area (Å²) in [5.74, 6) is 1.40. The van der Waals surface area contributed by atoms with E-state index in [1.807, 2.05) is 24.3 Å². The molecule has 0 unspecified atom stereocenters. The van der Waals surface area contributed by atoms with Gasteiger partial charge in [0.2, 0.25) is 11.8 Å². The molecule has 0 aliphatic heterocycles. The van der Waals surface area contributed by atoms with E-state index in [0.717, 1.165) is 16.9 Å². The molecule has 0 spiro atoms. The second-order valence-electron chi connectivity index (χ2n) is 4.68. The van der Waals surface area contributed by atoms with Crippen LogP contribution in [-0.2, 0) is 0 Å². The zero-order valence-corrected chi connectivity index (χ0v) is 12.7. The lowest BCUT2D eigenvalue weighted by Crippen LogP contribution is -2.00. The average molecular weight is 309 g/mol. The van der Waals surface area contributed by atoms with Crippen molar-refractivity contribution in [3.05, 3.63) is 42.6 Å². The second-order valence-corrected chi connectivity index (χ2v) is 4.68. The largest absolute Gasteiger partial charge is 0.497 e. The summed E-state index contributed by atoms with van der Waals surface area (Å²) in [5.41, 5.74) is 8.68. The van der Waals surface area contributed by atoms with Crippen molar-refractivity contribution < 1.29 is 9.47 Å². The van der Waals surface area contributed by atoms with E-state index in [1.165, 1.54) is 0 Å². The first-order valence-electron chi connectivity index (χ1n) is 6.86. The maximum absolute atomic E-state index is 5.74. The zero-order valence-electron chi connectivity index (χ0n) is 12.7. The van der Waals surface area contributed by atoms with Gasteiger partial charge >= 0.3 is 0 Å². The van der Waals surface area contributed by atoms with Gasteiger partial charge in [0.25, 0.3) is 0 Å². The van der Waals surface area contributed by atoms with Gasteiger partial charge in [0, 0.05) is 23.4 Å². The van der Waals surface area contributed by atoms with E-state index in [1.54, 1.807) is 32.5 Å². The van der Waals surface area contributed by atoms with Crippen LogP contribution in [0.5, 0.6) is 11.6 Å². The molecule has 0 saturated carbocycles. The minimum atomic E-state index is 0.195. The molecule has 7 nitrogen and oxygen atoms in total. The maximum Gasteiger partial charge on any atom is 0.233 e. The molecule has 0 aliphatic rings. The lowest BCUT2D eigenvalue weighted by molar-refractivity contribution is 0.392. The van der Waals surface area contributed by atoms with E-state index >= 15 is 0 Å². The van der Waals surface area contributed by atoms with Crippen LogP contribution in [0.2, 0.25) is 0 Å². The van der Waals surface area contributed by atoms with Crippen LogP contribution in [0.15, 0.2) is 42.6 Å². The third-order valence-corrected chi connectivity index (χ3v) is 3.30. The molecule has 3 rings (SSSR count). The van der Waals surface area contributed by atoms with E-state index in [9.17, 15) is 0 Å². The molecule has 0 saturated heterocycles. The SMILES string of the molecule is COc1ccc(-c2nc(N)ncc2-c2ccc(OC)nn2)cc1. The van der Waals surface area contributed by atoms with Gasteiger partial charge in [0.1, 0.15) is 5.75 Å². The summed E-state index contributed by atoms with van der Waals surface area (Å²) >= 11 is 0. The fourth-order valence-corrected chi connectivity index (χ4v) is 2.12. The highest BCUT2D eigenvalue weighted by Gasteiger charge is 2.13. The molecule has 23 heavy (non-hydrogen) atoms. The molecule has 0 fully saturated rings. The maximum atomic E-state index is 5.74. The summed E-state index contributed by atoms with van der Waals surface area (Å²) in [6.45, 7) is 0. The Morgan fingerprint density at radius 3 is 2.30 bits per heavy atom. The Hall–Kier alpha value is -3.22. The smallest absolute Gasteiger partial charge is 0.233 e. The Morgan fingerprint density at radius 2 is 1.70 bits per heavy atom. The molecular formula is C16H15N5O2. The van der Waals surface area contributed by atoms with Crippen molar-refractivity contribution in [2.75, 3.05) is 20.0 Å². The predicted molar refractivity (Wildman–Crippen MR) is 86.0 cm³/mol. The average Bonchev–Trinajstić information content (AvgIpc) is 2.62. The highest BCUT2D eigenvalue weighted by Crippen LogP contribution is 2.30. The number of rotatable bonds is 4. The van der Waals surface area contributed by atoms with Crippen molar-refractivity contribution >= 4 is 5.95 Å². The molecule has 2 aromatic heterocycles. The molecule has 1 aromatic carbocycles. The van der Waals surface area contributed by atoms with Crippen molar-refractivity contribution in [2.24, 2.45) is 0 Å². The van der Waals surface area contributed by atoms with Gasteiger partial charge in [0.15, 0.2) is 0 Å². The number of ether oxygens (including phenoxy) is 2. The number of nitrogen functional groups attached to an aromatic ring is 1. The quantitative estimate of drug-likeness (QED) is 0.789. The molecular weight excluding hydrogens is 294 g/mol. The van der Waals surface area contributed by atoms with Gasteiger partial charge in [0.05, 0.1) is 25.6 Å². The van der Waals surface area contributed by atoms with Crippen molar-refractivity contribution in [1.82, 2.24) is 20.2 Å². The van der Waals surface area contributed by atoms with Crippen molar-refractivity contribution in [3.63, 3.8) is 0 Å². The van der Waals surface area contributed by atoms with Crippen LogP contribution in [0.4, 0.5) is 5.95 Å². The Kier molecular flexibility index (Phi) is 4.01. The minimum Gasteiger partial charge on any atom is -0.497 e. The van der Waals surface area contributed by atoms with Crippen LogP contribution in [-0.4, -0.2) is 34.4 Å². The Balaban J connectivity index is 2.09. The van der Waals surface area contributed by atoms with Crippen LogP contribution in [0.3, 0.4) is 0 Å². The fourth-order valence-electron chi connectivity index (χ4n) is 2.12. The van der Waals surface area contributed by atoms with Gasteiger partial charge in [-0.2, -0.15) is 0 Å². The van der Waals surface area contributed by atoms with Crippen molar-refractivity contribution in [1.29, 1.82) is 0 Å². The van der Waals surface area contributed by atoms with Gasteiger partial charge in [-0.15, -0.1) is 10.2 Å². The molecule has 2 heterocycles. The number of aromatic nitrogens is 4. The predicted octanol–water partition coefficient (Wildman–Crippen LogP) is 2.20. The highest BCUT2D eigenvalue weighted by molar-refractivity contribution is 5.79. The van der Waals surface area contributed by atoms with Crippen molar-refractivity contribution in [2.45, 2.75) is 0 Å². The van der Waals surface area contributed by atoms with Crippen LogP contribution in [0, 0.1) is 0 Å². The van der Waals surface area contributed by atoms with E-state index < -0.39 is 0 Å². The molecule has 3 aromatic rings. The number of hydrogen-bond donors (Lipinski definition) is 1. The minimum absolute atomic E-state index is 0.195. The third-order valence-electron chi connectivity index (χ3n) is 3.30. The summed E-state index contributed by atoms with van der Waals surface area (Å²) in [5, 5.41) is 8.13. The summed E-state index contributed by atoms with van der Waals surface area (Å²) in [4.78, 5) is 8.41. The normalized spacial score (nSPS) is 10.3. The Bertz CT molecular complexity index is 804. The van der Waals surface area contributed by atoms with E-state index in [0.29, 0.717) is 17.3 Å². The van der Waals surface area contributed by atoms with Gasteiger partial charge < -0.3 is 15.2 Å². The number of nitrogens with two attached hydrogens (primary N) is 1. The zero-order chi connectivity index (χ0) is 16.2. The molecule has 0 aliphatic carbocycles. The molecule has 116 valence electrons. The van der Waals surface area contributed by atoms with Crippen LogP contribution >= 0.6 is 0 Å². The summed E-state index contributed by atoms with van der Waals surface area (Å²) in [7, 11) is 3.16. The topological polar surface area (TPSA) is 96.0 Å². The van der Waals surface area contributed by atoms with Crippen LogP contribution in [0.1, 0.15) is 0 Å². The number of methoxy groups -OCH3 is 2. The Labute approximate surface area is 133 Å². The number of anilines is 1. The van der Waals surface area contributed by atoms with Gasteiger partial charge in [-0.3, -0.25) is 0 Å². The first kappa shape index (κ1) is 14.7. The monoisotopic (exact) mass is 309 g/mol. The van der Waals surface area contributed by atoms with Crippen molar-refractivity contribution in [3.8, 4) is 34.1 Å². The fraction of sp³-hybridized carbons (Fsp3) is 0.125. The summed E-state index contributed by atoms with van der Waals surface area (Å²) < 4.78 is 10.2. The molecule has 7 heteroatoms. The summed E-state index contributed by atoms with van der Waals surface area (Å²) in [6.07, 6.45) is 1.64. The van der Waals surface area contributed by atoms with Gasteiger partial charge in [-0.1, -0.05) is 0 Å². The second kappa shape index (κ2) is 6.27. The first-order valence-corrected chi connectivity index (χ1v) is 6.86. The third kappa shape index (κ3) is 3.03. The molecule has 0 bridgehead atoms. The standard InChI is InChI=1S/C16H15N5O2/c1-22-11-5-3-10(4-6-11)15-12(9-18-16(17)19-15)13-7-8-14(23-2)21-20-13/h3-9H,1-2H3,(H2,17,18,19). The lowest BCUT2D eigenvalue weighted by atomic mass is 10.0. The number of nitrogens with zero attached hydrogens (tertiary/aromatic N) is 4. The molecule has 2 N–H and O–H groups in total. The number of hydrogen-bond acceptors (Lipinski definition) is 7. The van der Waals surface area contributed by atoms with E-state index in [-0.39, 0.29) is 5.95 Å². The van der Waals surface area contributed by atoms with Gasteiger partial charge in [-0.25, -0.2) is 9.97 Å². The van der Waals surface area contributed by atoms with E-state index in [4.69, 9.17) is 15.2 Å². The van der Waals surface area contributed by atoms with Crippen LogP contribution < -0.4 is 15.2 Å². The first-order chi connectivity index (χ1) is 11.2. The van der Waals surface area contributed by atoms with Crippen LogP contribution in [0.25, 0.3) is 22.5 Å². The number of benzene rings is 1. The Morgan fingerprint density at radius 1 is 0.913 bits per heavy atom. The molecule has 0 atom stereocenters. The summed E-state index contributed by atoms with van der Waals surface area (Å²) in [6, 6.07) is 11.1. The van der Waals surface area contributed by atoms with E-state index in [2.05, 4.69) is 20.2 Å². The molecule has 0 radical (unpaired) electrons. The van der Waals surface area contributed by atoms with Gasteiger partial charge in [-0.05, 0) is 30.3 Å². The highest BCUT2D eigenvalue weighted by atomic mass is 16.5.